The van der Waals surface area contributed by atoms with Crippen LogP contribution in [0.3, 0.4) is 0 Å². The summed E-state index contributed by atoms with van der Waals surface area (Å²) in [6.45, 7) is 16.5. The molecule has 1 aromatic heterocycles. The summed E-state index contributed by atoms with van der Waals surface area (Å²) in [6, 6.07) is 5.14. The molecule has 0 saturated carbocycles. The molecule has 2 aromatic rings. The fourth-order valence-electron chi connectivity index (χ4n) is 4.33. The van der Waals surface area contributed by atoms with Crippen LogP contribution in [0.15, 0.2) is 48.1 Å². The summed E-state index contributed by atoms with van der Waals surface area (Å²) in [5.74, 6) is 0.255. The molecule has 3 rings (SSSR count). The number of rotatable bonds is 15. The Bertz CT molecular complexity index is 1370. The number of methoxy groups -OCH3 is 1. The number of nitrogens with one attached hydrogen (secondary N) is 2. The monoisotopic (exact) mass is 677 g/mol. The van der Waals surface area contributed by atoms with Crippen molar-refractivity contribution >= 4 is 46.4 Å². The quantitative estimate of drug-likeness (QED) is 0.0770. The first-order valence-corrected chi connectivity index (χ1v) is 16.5. The third-order valence-electron chi connectivity index (χ3n) is 7.13. The van der Waals surface area contributed by atoms with Crippen molar-refractivity contribution in [1.29, 1.82) is 0 Å². The van der Waals surface area contributed by atoms with E-state index in [1.165, 1.54) is 6.92 Å². The Morgan fingerprint density at radius 2 is 1.96 bits per heavy atom. The number of thiazole rings is 1. The number of carbonyl (C=O) groups is 3. The molecule has 0 bridgehead atoms. The highest BCUT2D eigenvalue weighted by molar-refractivity contribution is 7.09. The molecule has 12 heteroatoms. The molecule has 3 N–H and O–H groups in total. The molecule has 0 spiro atoms. The fourth-order valence-corrected chi connectivity index (χ4v) is 5.23. The molecule has 2 heterocycles. The molecule has 254 valence electrons. The van der Waals surface area contributed by atoms with Crippen molar-refractivity contribution in [3.05, 3.63) is 63.8 Å². The second kappa shape index (κ2) is 18.1. The Kier molecular flexibility index (Phi) is 15.2. The summed E-state index contributed by atoms with van der Waals surface area (Å²) in [7, 11) is 1.55. The summed E-state index contributed by atoms with van der Waals surface area (Å²) >= 11 is 7.71. The van der Waals surface area contributed by atoms with Gasteiger partial charge in [0, 0.05) is 24.5 Å². The number of hydrogen-bond acceptors (Lipinski definition) is 9. The molecule has 4 unspecified atom stereocenters. The summed E-state index contributed by atoms with van der Waals surface area (Å²) in [5.41, 5.74) is 0.829. The standard InChI is InChI=1S/C20H23ClN2O3S.C14H25NO4/c1-12(19-20(26-19)16-11-27-13(2)22-16)6-4-5-7-18(24)23-14-8-9-17(25-3)15(21)10-14;1-9(2)7-12(10(3)16)19-13(18)14(5,6)8-15-11(4)17/h5,7-12,19-20H,4,6H2,1-3H3,(H,23,24);9,12,16H,3,7-8H2,1-2,4-6H3,(H,15,17)/b7-5+;. The minimum atomic E-state index is -0.851. The van der Waals surface area contributed by atoms with E-state index in [1.54, 1.807) is 56.6 Å². The van der Waals surface area contributed by atoms with E-state index in [0.29, 0.717) is 28.8 Å². The van der Waals surface area contributed by atoms with Gasteiger partial charge in [0.1, 0.15) is 17.6 Å². The maximum atomic E-state index is 12.0. The molecule has 0 radical (unpaired) electrons. The molecule has 1 aromatic carbocycles. The number of nitrogens with zero attached hydrogens (tertiary/aromatic N) is 1. The second-order valence-corrected chi connectivity index (χ2v) is 13.9. The lowest BCUT2D eigenvalue weighted by Gasteiger charge is -2.26. The Labute approximate surface area is 281 Å². The molecule has 46 heavy (non-hydrogen) atoms. The third kappa shape index (κ3) is 13.1. The minimum Gasteiger partial charge on any atom is -0.509 e. The van der Waals surface area contributed by atoms with E-state index in [-0.39, 0.29) is 42.2 Å². The SMILES string of the molecule is C=C(O)C(CC(C)C)OC(=O)C(C)(C)CNC(C)=O.COc1ccc(NC(=O)/C=C/CCC(C)C2OC2c2csc(C)n2)cc1Cl. The first kappa shape index (κ1) is 38.8. The number of aliphatic hydroxyl groups is 1. The summed E-state index contributed by atoms with van der Waals surface area (Å²) < 4.78 is 16.2. The number of aromatic nitrogens is 1. The van der Waals surface area contributed by atoms with Crippen molar-refractivity contribution in [2.75, 3.05) is 19.0 Å². The Balaban J connectivity index is 0.000000344. The van der Waals surface area contributed by atoms with Gasteiger partial charge in [0.05, 0.1) is 34.4 Å². The number of hydrogen-bond donors (Lipinski definition) is 3. The van der Waals surface area contributed by atoms with Crippen LogP contribution < -0.4 is 15.4 Å². The van der Waals surface area contributed by atoms with Gasteiger partial charge in [0.15, 0.2) is 6.10 Å². The van der Waals surface area contributed by atoms with Gasteiger partial charge in [-0.1, -0.05) is 45.0 Å². The highest BCUT2D eigenvalue weighted by atomic mass is 35.5. The topological polar surface area (TPSA) is 139 Å². The number of allylic oxidation sites excluding steroid dienone is 1. The van der Waals surface area contributed by atoms with E-state index in [2.05, 4.69) is 34.5 Å². The normalized spacial score (nSPS) is 17.0. The van der Waals surface area contributed by atoms with Crippen LogP contribution in [-0.2, 0) is 23.9 Å². The minimum absolute atomic E-state index is 0.136. The van der Waals surface area contributed by atoms with E-state index in [0.717, 1.165) is 23.5 Å². The van der Waals surface area contributed by atoms with Gasteiger partial charge in [-0.2, -0.15) is 0 Å². The lowest BCUT2D eigenvalue weighted by atomic mass is 9.93. The predicted molar refractivity (Wildman–Crippen MR) is 182 cm³/mol. The van der Waals surface area contributed by atoms with E-state index in [4.69, 9.17) is 25.8 Å². The molecule has 4 atom stereocenters. The smallest absolute Gasteiger partial charge is 0.314 e. The number of aliphatic hydroxyl groups excluding tert-OH is 1. The van der Waals surface area contributed by atoms with Gasteiger partial charge in [-0.25, -0.2) is 4.98 Å². The number of anilines is 1. The van der Waals surface area contributed by atoms with Crippen molar-refractivity contribution in [3.63, 3.8) is 0 Å². The lowest BCUT2D eigenvalue weighted by molar-refractivity contribution is -0.159. The first-order valence-electron chi connectivity index (χ1n) is 15.3. The summed E-state index contributed by atoms with van der Waals surface area (Å²) in [4.78, 5) is 39.4. The Hall–Kier alpha value is -3.41. The molecular weight excluding hydrogens is 630 g/mol. The van der Waals surface area contributed by atoms with Crippen LogP contribution in [0, 0.1) is 24.2 Å². The van der Waals surface area contributed by atoms with Gasteiger partial charge in [-0.15, -0.1) is 11.3 Å². The first-order chi connectivity index (χ1) is 21.5. The van der Waals surface area contributed by atoms with Gasteiger partial charge >= 0.3 is 5.97 Å². The number of amides is 2. The number of aryl methyl sites for hydroxylation is 1. The van der Waals surface area contributed by atoms with Crippen LogP contribution in [-0.4, -0.2) is 53.7 Å². The zero-order valence-corrected chi connectivity index (χ0v) is 29.6. The van der Waals surface area contributed by atoms with Crippen LogP contribution in [0.2, 0.25) is 5.02 Å². The average Bonchev–Trinajstić information content (AvgIpc) is 3.66. The molecule has 1 saturated heterocycles. The number of esters is 1. The fraction of sp³-hybridized carbons (Fsp3) is 0.529. The molecule has 10 nitrogen and oxygen atoms in total. The predicted octanol–water partition coefficient (Wildman–Crippen LogP) is 7.34. The molecule has 0 aliphatic carbocycles. The number of halogens is 1. The van der Waals surface area contributed by atoms with Crippen LogP contribution >= 0.6 is 22.9 Å². The van der Waals surface area contributed by atoms with E-state index in [1.807, 2.05) is 26.8 Å². The van der Waals surface area contributed by atoms with E-state index in [9.17, 15) is 19.5 Å². The second-order valence-electron chi connectivity index (χ2n) is 12.4. The van der Waals surface area contributed by atoms with Crippen molar-refractivity contribution in [2.45, 2.75) is 86.0 Å². The van der Waals surface area contributed by atoms with Crippen molar-refractivity contribution in [3.8, 4) is 5.75 Å². The highest BCUT2D eigenvalue weighted by Crippen LogP contribution is 2.44. The van der Waals surface area contributed by atoms with E-state index >= 15 is 0 Å². The maximum absolute atomic E-state index is 12.0. The largest absolute Gasteiger partial charge is 0.509 e. The number of benzene rings is 1. The van der Waals surface area contributed by atoms with E-state index < -0.39 is 17.5 Å². The Morgan fingerprint density at radius 3 is 2.50 bits per heavy atom. The number of epoxide rings is 1. The lowest BCUT2D eigenvalue weighted by Crippen LogP contribution is -2.41. The zero-order chi connectivity index (χ0) is 34.6. The Morgan fingerprint density at radius 1 is 1.26 bits per heavy atom. The highest BCUT2D eigenvalue weighted by Gasteiger charge is 2.45. The van der Waals surface area contributed by atoms with Gasteiger partial charge < -0.3 is 30.0 Å². The molecular formula is C34H48ClN3O7S. The molecule has 1 aliphatic heterocycles. The molecule has 1 fully saturated rings. The van der Waals surface area contributed by atoms with Crippen LogP contribution in [0.25, 0.3) is 0 Å². The average molecular weight is 678 g/mol. The van der Waals surface area contributed by atoms with Crippen LogP contribution in [0.1, 0.15) is 77.6 Å². The van der Waals surface area contributed by atoms with Crippen molar-refractivity contribution in [1.82, 2.24) is 10.3 Å². The number of carbonyl (C=O) groups excluding carboxylic acids is 3. The molecule has 1 aliphatic rings. The third-order valence-corrected chi connectivity index (χ3v) is 8.22. The number of ether oxygens (including phenoxy) is 3. The maximum Gasteiger partial charge on any atom is 0.314 e. The van der Waals surface area contributed by atoms with Crippen LogP contribution in [0.4, 0.5) is 5.69 Å². The summed E-state index contributed by atoms with van der Waals surface area (Å²) in [5, 5.41) is 18.4. The van der Waals surface area contributed by atoms with Gasteiger partial charge in [-0.05, 0) is 76.1 Å². The van der Waals surface area contributed by atoms with Crippen LogP contribution in [0.5, 0.6) is 5.75 Å². The van der Waals surface area contributed by atoms with Crippen molar-refractivity contribution < 1.29 is 33.7 Å². The van der Waals surface area contributed by atoms with Gasteiger partial charge in [0.2, 0.25) is 11.8 Å². The zero-order valence-electron chi connectivity index (χ0n) is 28.0. The van der Waals surface area contributed by atoms with Gasteiger partial charge in [0.25, 0.3) is 0 Å². The summed E-state index contributed by atoms with van der Waals surface area (Å²) in [6.07, 6.45) is 5.40. The van der Waals surface area contributed by atoms with Crippen molar-refractivity contribution in [2.24, 2.45) is 17.3 Å². The van der Waals surface area contributed by atoms with Gasteiger partial charge in [-0.3, -0.25) is 14.4 Å². The molecule has 2 amide bonds.